The fourth-order valence-electron chi connectivity index (χ4n) is 3.45. The lowest BCUT2D eigenvalue weighted by Gasteiger charge is -2.44. The number of ether oxygens (including phenoxy) is 7. The highest BCUT2D eigenvalue weighted by Crippen LogP contribution is 2.33. The third-order valence-corrected chi connectivity index (χ3v) is 6.15. The van der Waals surface area contributed by atoms with Crippen LogP contribution in [0, 0.1) is 0 Å². The lowest BCUT2D eigenvalue weighted by atomic mass is 9.99. The molecule has 0 amide bonds. The number of esters is 6. The Kier molecular flexibility index (Phi) is 12.6. The molecule has 0 unspecified atom stereocenters. The highest BCUT2D eigenvalue weighted by molar-refractivity contribution is 7.90. The second-order valence-corrected chi connectivity index (χ2v) is 12.4. The van der Waals surface area contributed by atoms with E-state index in [1.165, 1.54) is 20.8 Å². The smallest absolute Gasteiger partial charge is 0.348 e. The maximum absolute atomic E-state index is 14.0. The topological polar surface area (TPSA) is 184 Å². The molecule has 0 aliphatic carbocycles. The summed E-state index contributed by atoms with van der Waals surface area (Å²) < 4.78 is 51.4. The van der Waals surface area contributed by atoms with Gasteiger partial charge in [0.2, 0.25) is 0 Å². The molecular weight excluding hydrogens is 568 g/mol. The van der Waals surface area contributed by atoms with Gasteiger partial charge in [0.05, 0.1) is 10.8 Å². The summed E-state index contributed by atoms with van der Waals surface area (Å²) in [6.45, 7) is 12.9. The lowest BCUT2D eigenvalue weighted by molar-refractivity contribution is -0.238. The number of carbonyl (C=O) groups is 6. The Morgan fingerprint density at radius 1 is 0.707 bits per heavy atom. The Labute approximate surface area is 240 Å². The largest absolute Gasteiger partial charge is 0.463 e. The van der Waals surface area contributed by atoms with Crippen LogP contribution in [-0.2, 0) is 72.7 Å². The van der Waals surface area contributed by atoms with Gasteiger partial charge in [0.25, 0.3) is 0 Å². The molecule has 15 heteroatoms. The first kappa shape index (κ1) is 35.7. The fraction of sp³-hybridized carbons (Fsp3) is 0.692. The van der Waals surface area contributed by atoms with Gasteiger partial charge in [-0.25, -0.2) is 9.59 Å². The van der Waals surface area contributed by atoms with Crippen molar-refractivity contribution in [2.24, 2.45) is 0 Å². The molecule has 6 atom stereocenters. The molecule has 41 heavy (non-hydrogen) atoms. The molecule has 1 fully saturated rings. The van der Waals surface area contributed by atoms with Crippen molar-refractivity contribution in [1.29, 1.82) is 0 Å². The zero-order valence-corrected chi connectivity index (χ0v) is 25.6. The molecule has 0 N–H and O–H groups in total. The van der Waals surface area contributed by atoms with Crippen LogP contribution in [0.4, 0.5) is 0 Å². The van der Waals surface area contributed by atoms with Gasteiger partial charge >= 0.3 is 35.8 Å². The minimum absolute atomic E-state index is 0.580. The summed E-state index contributed by atoms with van der Waals surface area (Å²) >= 11 is 0. The van der Waals surface area contributed by atoms with Crippen molar-refractivity contribution in [3.8, 4) is 0 Å². The minimum atomic E-state index is -2.69. The van der Waals surface area contributed by atoms with Crippen molar-refractivity contribution in [2.75, 3.05) is 6.61 Å². The summed E-state index contributed by atoms with van der Waals surface area (Å²) in [5.74, 6) is -5.68. The van der Waals surface area contributed by atoms with Gasteiger partial charge in [-0.15, -0.1) is 0 Å². The Bertz CT molecular complexity index is 1080. The first-order valence-electron chi connectivity index (χ1n) is 12.5. The Morgan fingerprint density at radius 2 is 1.17 bits per heavy atom. The summed E-state index contributed by atoms with van der Waals surface area (Å²) in [4.78, 5) is 72.7. The van der Waals surface area contributed by atoms with Crippen molar-refractivity contribution in [3.63, 3.8) is 0 Å². The van der Waals surface area contributed by atoms with Crippen LogP contribution in [-0.4, -0.2) is 87.7 Å². The second kappa shape index (κ2) is 14.5. The van der Waals surface area contributed by atoms with Gasteiger partial charge in [0, 0.05) is 33.8 Å². The van der Waals surface area contributed by atoms with E-state index < -0.39 is 99.2 Å². The van der Waals surface area contributed by atoms with E-state index in [-0.39, 0.29) is 0 Å². The van der Waals surface area contributed by atoms with Crippen molar-refractivity contribution in [3.05, 3.63) is 11.0 Å². The van der Waals surface area contributed by atoms with Crippen LogP contribution >= 0.6 is 0 Å². The lowest BCUT2D eigenvalue weighted by Crippen LogP contribution is -2.63. The monoisotopic (exact) mass is 606 g/mol. The van der Waals surface area contributed by atoms with Crippen LogP contribution in [0.25, 0.3) is 0 Å². The van der Waals surface area contributed by atoms with E-state index in [0.29, 0.717) is 6.08 Å². The maximum atomic E-state index is 14.0. The van der Waals surface area contributed by atoms with Crippen LogP contribution in [0.3, 0.4) is 0 Å². The molecule has 0 aromatic heterocycles. The van der Waals surface area contributed by atoms with Gasteiger partial charge in [0.15, 0.2) is 23.7 Å². The quantitative estimate of drug-likeness (QED) is 0.208. The zero-order chi connectivity index (χ0) is 31.9. The van der Waals surface area contributed by atoms with Crippen molar-refractivity contribution in [2.45, 2.75) is 110 Å². The number of hydrogen-bond acceptors (Lipinski definition) is 14. The Balaban J connectivity index is 3.80. The molecule has 0 bridgehead atoms. The van der Waals surface area contributed by atoms with Gasteiger partial charge in [0.1, 0.15) is 28.8 Å². The average Bonchev–Trinajstić information content (AvgIpc) is 2.75. The second-order valence-electron chi connectivity index (χ2n) is 10.9. The molecule has 1 aliphatic heterocycles. The molecule has 14 nitrogen and oxygen atoms in total. The molecule has 232 valence electrons. The van der Waals surface area contributed by atoms with Crippen LogP contribution in [0.5, 0.6) is 0 Å². The summed E-state index contributed by atoms with van der Waals surface area (Å²) in [7, 11) is -2.69. The van der Waals surface area contributed by atoms with E-state index in [1.807, 2.05) is 0 Å². The van der Waals surface area contributed by atoms with E-state index in [1.54, 1.807) is 20.8 Å². The average molecular weight is 607 g/mol. The molecule has 0 aromatic rings. The van der Waals surface area contributed by atoms with Crippen molar-refractivity contribution in [1.82, 2.24) is 0 Å². The molecular formula is C26H38O14S. The third kappa shape index (κ3) is 12.4. The molecule has 1 aliphatic rings. The predicted molar refractivity (Wildman–Crippen MR) is 140 cm³/mol. The summed E-state index contributed by atoms with van der Waals surface area (Å²) in [6, 6.07) is 0. The molecule has 1 heterocycles. The molecule has 1 saturated heterocycles. The van der Waals surface area contributed by atoms with Gasteiger partial charge in [-0.05, 0) is 41.5 Å². The summed E-state index contributed by atoms with van der Waals surface area (Å²) in [5.41, 5.74) is -3.89. The zero-order valence-electron chi connectivity index (χ0n) is 24.8. The van der Waals surface area contributed by atoms with Crippen LogP contribution < -0.4 is 0 Å². The first-order chi connectivity index (χ1) is 18.6. The highest BCUT2D eigenvalue weighted by Gasteiger charge is 2.55. The standard InChI is InChI=1S/C26H38O14S/c1-13(27)34-12-17-20(35-14(2)28)21(36-15(3)29)22(37-16(4)30)24(38-17)41(33)18(23(32)40-26(8,9)10)11-19(31)39-25(5,6)7/h11,17,20-22,24H,12H2,1-10H3/b18-11+/t17-,20+,21+,22-,24+,41+/m1/s1. The van der Waals surface area contributed by atoms with Crippen LogP contribution in [0.2, 0.25) is 0 Å². The van der Waals surface area contributed by atoms with Gasteiger partial charge in [-0.3, -0.25) is 23.4 Å². The molecule has 0 spiro atoms. The normalized spacial score (nSPS) is 23.9. The third-order valence-electron chi connectivity index (χ3n) is 4.63. The first-order valence-corrected chi connectivity index (χ1v) is 13.7. The fourth-order valence-corrected chi connectivity index (χ4v) is 4.82. The SMILES string of the molecule is CC(=O)OC[C@H]1O[C@@H]([S@@](=O)/C(=C/C(=O)OC(C)(C)C)C(=O)OC(C)(C)C)[C@H](OC(C)=O)[C@@H](OC(C)=O)[C@H]1OC(C)=O. The Hall–Kier alpha value is -3.33. The molecule has 0 saturated carbocycles. The van der Waals surface area contributed by atoms with Crippen LogP contribution in [0.15, 0.2) is 11.0 Å². The predicted octanol–water partition coefficient (Wildman–Crippen LogP) is 1.39. The van der Waals surface area contributed by atoms with E-state index in [4.69, 9.17) is 33.2 Å². The van der Waals surface area contributed by atoms with Crippen molar-refractivity contribution >= 4 is 46.6 Å². The van der Waals surface area contributed by atoms with E-state index in [2.05, 4.69) is 0 Å². The van der Waals surface area contributed by atoms with E-state index >= 15 is 0 Å². The maximum Gasteiger partial charge on any atom is 0.348 e. The number of rotatable bonds is 9. The number of carbonyl (C=O) groups excluding carboxylic acids is 6. The molecule has 1 rings (SSSR count). The van der Waals surface area contributed by atoms with E-state index in [0.717, 1.165) is 27.7 Å². The summed E-state index contributed by atoms with van der Waals surface area (Å²) in [6.07, 6.45) is -5.64. The van der Waals surface area contributed by atoms with Crippen molar-refractivity contribution < 1.29 is 66.1 Å². The summed E-state index contributed by atoms with van der Waals surface area (Å²) in [5, 5.41) is 0. The Morgan fingerprint density at radius 3 is 1.61 bits per heavy atom. The highest BCUT2D eigenvalue weighted by atomic mass is 32.2. The minimum Gasteiger partial charge on any atom is -0.463 e. The molecule has 0 radical (unpaired) electrons. The van der Waals surface area contributed by atoms with Gasteiger partial charge in [-0.1, -0.05) is 0 Å². The van der Waals surface area contributed by atoms with Gasteiger partial charge in [-0.2, -0.15) is 0 Å². The van der Waals surface area contributed by atoms with Crippen LogP contribution in [0.1, 0.15) is 69.2 Å². The van der Waals surface area contributed by atoms with E-state index in [9.17, 15) is 33.0 Å². The number of hydrogen-bond donors (Lipinski definition) is 0. The molecule has 0 aromatic carbocycles. The van der Waals surface area contributed by atoms with Gasteiger partial charge < -0.3 is 33.2 Å².